The molecular formula is C13H14BrN3O2. The molecule has 19 heavy (non-hydrogen) atoms. The van der Waals surface area contributed by atoms with E-state index in [2.05, 4.69) is 22.0 Å². The number of anilines is 1. The molecule has 0 radical (unpaired) electrons. The van der Waals surface area contributed by atoms with E-state index in [1.165, 1.54) is 0 Å². The van der Waals surface area contributed by atoms with Gasteiger partial charge in [0.2, 0.25) is 0 Å². The molecule has 6 heteroatoms. The van der Waals surface area contributed by atoms with Gasteiger partial charge in [0.25, 0.3) is 5.91 Å². The molecule has 0 bridgehead atoms. The molecule has 100 valence electrons. The number of carbonyl (C=O) groups excluding carboxylic acids is 1. The fourth-order valence-electron chi connectivity index (χ4n) is 2.28. The van der Waals surface area contributed by atoms with E-state index >= 15 is 0 Å². The van der Waals surface area contributed by atoms with Crippen molar-refractivity contribution >= 4 is 27.5 Å². The number of nitrogens with zero attached hydrogens (tertiary/aromatic N) is 2. The zero-order chi connectivity index (χ0) is 14.0. The monoisotopic (exact) mass is 323 g/mol. The maximum absolute atomic E-state index is 11.3. The molecule has 1 atom stereocenters. The first kappa shape index (κ1) is 13.8. The summed E-state index contributed by atoms with van der Waals surface area (Å²) >= 11 is 3.41. The van der Waals surface area contributed by atoms with E-state index in [0.717, 1.165) is 16.7 Å². The Morgan fingerprint density at radius 1 is 1.58 bits per heavy atom. The summed E-state index contributed by atoms with van der Waals surface area (Å²) in [6, 6.07) is 7.28. The van der Waals surface area contributed by atoms with Crippen LogP contribution in [0.1, 0.15) is 18.4 Å². The lowest BCUT2D eigenvalue weighted by atomic mass is 9.92. The number of nitriles is 1. The van der Waals surface area contributed by atoms with Gasteiger partial charge in [-0.3, -0.25) is 4.79 Å². The smallest absolute Gasteiger partial charge is 0.251 e. The van der Waals surface area contributed by atoms with E-state index in [4.69, 9.17) is 11.0 Å². The van der Waals surface area contributed by atoms with Gasteiger partial charge in [0, 0.05) is 11.0 Å². The number of halogens is 1. The third-order valence-electron chi connectivity index (χ3n) is 3.35. The highest BCUT2D eigenvalue weighted by molar-refractivity contribution is 9.10. The van der Waals surface area contributed by atoms with Crippen molar-refractivity contribution in [3.8, 4) is 6.07 Å². The summed E-state index contributed by atoms with van der Waals surface area (Å²) in [6.45, 7) is 0.910. The second-order valence-electron chi connectivity index (χ2n) is 4.70. The predicted molar refractivity (Wildman–Crippen MR) is 74.4 cm³/mol. The van der Waals surface area contributed by atoms with E-state index in [-0.39, 0.29) is 6.54 Å². The third kappa shape index (κ3) is 2.72. The molecule has 3 N–H and O–H groups in total. The van der Waals surface area contributed by atoms with Crippen LogP contribution in [0.25, 0.3) is 0 Å². The van der Waals surface area contributed by atoms with Crippen molar-refractivity contribution < 1.29 is 9.90 Å². The van der Waals surface area contributed by atoms with E-state index in [1.54, 1.807) is 18.2 Å². The molecule has 0 aromatic heterocycles. The van der Waals surface area contributed by atoms with Crippen LogP contribution < -0.4 is 10.6 Å². The molecule has 2 rings (SSSR count). The minimum Gasteiger partial charge on any atom is -0.378 e. The van der Waals surface area contributed by atoms with Crippen molar-refractivity contribution in [1.29, 1.82) is 5.26 Å². The van der Waals surface area contributed by atoms with Crippen LogP contribution in [0, 0.1) is 11.3 Å². The van der Waals surface area contributed by atoms with Crippen LogP contribution >= 0.6 is 15.9 Å². The number of piperidine rings is 1. The standard InChI is InChI=1S/C13H14BrN3O2/c14-10-6-9(7-15)2-3-11(10)17-5-1-4-13(19,8-17)12(16)18/h2-3,6,19H,1,4-5,8H2,(H2,16,18)/t13-/m0/s1. The quantitative estimate of drug-likeness (QED) is 0.853. The van der Waals surface area contributed by atoms with Gasteiger partial charge in [0.05, 0.1) is 23.9 Å². The van der Waals surface area contributed by atoms with Crippen LogP contribution in [0.2, 0.25) is 0 Å². The Morgan fingerprint density at radius 3 is 2.89 bits per heavy atom. The highest BCUT2D eigenvalue weighted by Crippen LogP contribution is 2.32. The number of hydrogen-bond donors (Lipinski definition) is 2. The number of amides is 1. The van der Waals surface area contributed by atoms with Gasteiger partial charge in [0.15, 0.2) is 5.60 Å². The first-order valence-corrected chi connectivity index (χ1v) is 6.72. The molecule has 0 aliphatic carbocycles. The molecule has 1 aromatic carbocycles. The van der Waals surface area contributed by atoms with Gasteiger partial charge in [0.1, 0.15) is 0 Å². The van der Waals surface area contributed by atoms with Gasteiger partial charge >= 0.3 is 0 Å². The number of β-amino-alcohol motifs (C(OH)–C–C–N with tert-alkyl or cyclic N) is 1. The number of benzene rings is 1. The van der Waals surface area contributed by atoms with Gasteiger partial charge in [-0.2, -0.15) is 5.26 Å². The van der Waals surface area contributed by atoms with Crippen molar-refractivity contribution in [3.05, 3.63) is 28.2 Å². The number of rotatable bonds is 2. The Balaban J connectivity index is 2.28. The minimum atomic E-state index is -1.48. The molecule has 1 aliphatic rings. The van der Waals surface area contributed by atoms with Crippen LogP contribution in [0.3, 0.4) is 0 Å². The van der Waals surface area contributed by atoms with Gasteiger partial charge in [-0.15, -0.1) is 0 Å². The van der Waals surface area contributed by atoms with Crippen molar-refractivity contribution in [2.45, 2.75) is 18.4 Å². The largest absolute Gasteiger partial charge is 0.378 e. The lowest BCUT2D eigenvalue weighted by Gasteiger charge is -2.38. The highest BCUT2D eigenvalue weighted by Gasteiger charge is 2.39. The van der Waals surface area contributed by atoms with Crippen molar-refractivity contribution in [1.82, 2.24) is 0 Å². The van der Waals surface area contributed by atoms with Gasteiger partial charge < -0.3 is 15.7 Å². The highest BCUT2D eigenvalue weighted by atomic mass is 79.9. The molecule has 1 heterocycles. The van der Waals surface area contributed by atoms with Crippen molar-refractivity contribution in [3.63, 3.8) is 0 Å². The molecule has 1 aliphatic heterocycles. The van der Waals surface area contributed by atoms with E-state index in [9.17, 15) is 9.90 Å². The number of hydrogen-bond acceptors (Lipinski definition) is 4. The van der Waals surface area contributed by atoms with E-state index in [0.29, 0.717) is 18.4 Å². The van der Waals surface area contributed by atoms with E-state index in [1.807, 2.05) is 4.90 Å². The second-order valence-corrected chi connectivity index (χ2v) is 5.55. The molecule has 1 amide bonds. The molecule has 5 nitrogen and oxygen atoms in total. The summed E-state index contributed by atoms with van der Waals surface area (Å²) < 4.78 is 0.764. The Morgan fingerprint density at radius 2 is 2.32 bits per heavy atom. The normalized spacial score (nSPS) is 22.9. The maximum atomic E-state index is 11.3. The first-order chi connectivity index (χ1) is 8.96. The SMILES string of the molecule is N#Cc1ccc(N2CCC[C@@](O)(C(N)=O)C2)c(Br)c1. The van der Waals surface area contributed by atoms with Crippen molar-refractivity contribution in [2.24, 2.45) is 5.73 Å². The number of nitrogens with two attached hydrogens (primary N) is 1. The zero-order valence-corrected chi connectivity index (χ0v) is 11.9. The Labute approximate surface area is 119 Å². The topological polar surface area (TPSA) is 90.3 Å². The van der Waals surface area contributed by atoms with Crippen LogP contribution in [0.5, 0.6) is 0 Å². The Bertz CT molecular complexity index is 555. The maximum Gasteiger partial charge on any atom is 0.251 e. The van der Waals surface area contributed by atoms with Gasteiger partial charge in [-0.1, -0.05) is 0 Å². The lowest BCUT2D eigenvalue weighted by molar-refractivity contribution is -0.137. The van der Waals surface area contributed by atoms with Crippen LogP contribution in [-0.4, -0.2) is 29.7 Å². The second kappa shape index (κ2) is 5.19. The van der Waals surface area contributed by atoms with Crippen LogP contribution in [0.4, 0.5) is 5.69 Å². The number of carbonyl (C=O) groups is 1. The summed E-state index contributed by atoms with van der Waals surface area (Å²) in [6.07, 6.45) is 1.07. The number of primary amides is 1. The minimum absolute atomic E-state index is 0.173. The average Bonchev–Trinajstić information content (AvgIpc) is 2.38. The molecule has 0 saturated carbocycles. The summed E-state index contributed by atoms with van der Waals surface area (Å²) in [5, 5.41) is 19.0. The average molecular weight is 324 g/mol. The van der Waals surface area contributed by atoms with Crippen LogP contribution in [0.15, 0.2) is 22.7 Å². The van der Waals surface area contributed by atoms with E-state index < -0.39 is 11.5 Å². The molecule has 0 unspecified atom stereocenters. The molecule has 1 saturated heterocycles. The molecular weight excluding hydrogens is 310 g/mol. The van der Waals surface area contributed by atoms with Gasteiger partial charge in [-0.25, -0.2) is 0 Å². The van der Waals surface area contributed by atoms with Gasteiger partial charge in [-0.05, 0) is 47.0 Å². The Hall–Kier alpha value is -1.58. The fraction of sp³-hybridized carbons (Fsp3) is 0.385. The van der Waals surface area contributed by atoms with Crippen LogP contribution in [-0.2, 0) is 4.79 Å². The fourth-order valence-corrected chi connectivity index (χ4v) is 2.91. The Kier molecular flexibility index (Phi) is 3.78. The predicted octanol–water partition coefficient (Wildman–Crippen LogP) is 1.14. The summed E-state index contributed by atoms with van der Waals surface area (Å²) in [5.41, 5.74) is 5.17. The molecule has 0 spiro atoms. The number of aliphatic hydroxyl groups is 1. The molecule has 1 aromatic rings. The third-order valence-corrected chi connectivity index (χ3v) is 3.98. The summed E-state index contributed by atoms with van der Waals surface area (Å²) in [5.74, 6) is -0.693. The summed E-state index contributed by atoms with van der Waals surface area (Å²) in [4.78, 5) is 13.2. The van der Waals surface area contributed by atoms with Crippen molar-refractivity contribution in [2.75, 3.05) is 18.0 Å². The summed E-state index contributed by atoms with van der Waals surface area (Å²) in [7, 11) is 0. The first-order valence-electron chi connectivity index (χ1n) is 5.93. The lowest BCUT2D eigenvalue weighted by Crippen LogP contribution is -2.56. The molecule has 1 fully saturated rings. The zero-order valence-electron chi connectivity index (χ0n) is 10.3.